The van der Waals surface area contributed by atoms with Crippen LogP contribution in [-0.2, 0) is 11.4 Å². The van der Waals surface area contributed by atoms with Crippen LogP contribution in [0, 0.1) is 15.9 Å². The molecule has 0 bridgehead atoms. The third kappa shape index (κ3) is 2.46. The highest BCUT2D eigenvalue weighted by Gasteiger charge is 2.09. The number of nitrogens with two attached hydrogens (primary N) is 1. The van der Waals surface area contributed by atoms with Crippen LogP contribution in [0.1, 0.15) is 5.56 Å². The second-order valence-electron chi connectivity index (χ2n) is 2.39. The molecule has 6 heteroatoms. The maximum absolute atomic E-state index is 12.7. The summed E-state index contributed by atoms with van der Waals surface area (Å²) in [5, 5.41) is 10.3. The van der Waals surface area contributed by atoms with Crippen molar-refractivity contribution in [2.24, 2.45) is 5.90 Å². The maximum atomic E-state index is 12.7. The predicted molar refractivity (Wildman–Crippen MR) is 42.0 cm³/mol. The van der Waals surface area contributed by atoms with Gasteiger partial charge in [-0.2, -0.15) is 0 Å². The lowest BCUT2D eigenvalue weighted by atomic mass is 10.2. The number of halogens is 1. The predicted octanol–water partition coefficient (Wildman–Crippen LogP) is 1.12. The molecule has 0 aliphatic carbocycles. The Morgan fingerprint density at radius 1 is 1.54 bits per heavy atom. The monoisotopic (exact) mass is 186 g/mol. The Morgan fingerprint density at radius 2 is 2.23 bits per heavy atom. The molecule has 1 aromatic carbocycles. The van der Waals surface area contributed by atoms with E-state index >= 15 is 0 Å². The number of non-ortho nitro benzene ring substituents is 1. The van der Waals surface area contributed by atoms with Gasteiger partial charge in [0.2, 0.25) is 0 Å². The number of hydrogen-bond acceptors (Lipinski definition) is 4. The van der Waals surface area contributed by atoms with Gasteiger partial charge in [0.15, 0.2) is 0 Å². The van der Waals surface area contributed by atoms with Crippen LogP contribution in [0.15, 0.2) is 18.2 Å². The molecule has 0 saturated heterocycles. The van der Waals surface area contributed by atoms with E-state index in [-0.39, 0.29) is 12.3 Å². The van der Waals surface area contributed by atoms with Gasteiger partial charge in [0, 0.05) is 6.07 Å². The fourth-order valence-electron chi connectivity index (χ4n) is 0.918. The summed E-state index contributed by atoms with van der Waals surface area (Å²) in [6, 6.07) is 3.16. The van der Waals surface area contributed by atoms with Gasteiger partial charge in [0.05, 0.1) is 17.6 Å². The second kappa shape index (κ2) is 3.92. The summed E-state index contributed by atoms with van der Waals surface area (Å²) in [4.78, 5) is 13.8. The number of nitrogens with zero attached hydrogens (tertiary/aromatic N) is 1. The Kier molecular flexibility index (Phi) is 2.88. The van der Waals surface area contributed by atoms with E-state index in [4.69, 9.17) is 5.90 Å². The summed E-state index contributed by atoms with van der Waals surface area (Å²) in [5.74, 6) is 4.07. The van der Waals surface area contributed by atoms with Crippen LogP contribution in [0.3, 0.4) is 0 Å². The van der Waals surface area contributed by atoms with E-state index in [1.165, 1.54) is 6.07 Å². The van der Waals surface area contributed by atoms with Crippen molar-refractivity contribution < 1.29 is 14.2 Å². The normalized spacial score (nSPS) is 10.0. The Labute approximate surface area is 73.0 Å². The van der Waals surface area contributed by atoms with Crippen molar-refractivity contribution in [3.63, 3.8) is 0 Å². The average molecular weight is 186 g/mol. The standard InChI is InChI=1S/C7H7FN2O3/c8-6-1-5(4-13-9)2-7(3-6)10(11)12/h1-3H,4,9H2. The quantitative estimate of drug-likeness (QED) is 0.566. The highest BCUT2D eigenvalue weighted by atomic mass is 19.1. The minimum absolute atomic E-state index is 0.0569. The topological polar surface area (TPSA) is 78.4 Å². The third-order valence-corrected chi connectivity index (χ3v) is 1.40. The summed E-state index contributed by atoms with van der Waals surface area (Å²) in [5.41, 5.74) is 0.0150. The number of benzene rings is 1. The fourth-order valence-corrected chi connectivity index (χ4v) is 0.918. The molecule has 0 unspecified atom stereocenters. The summed E-state index contributed by atoms with van der Waals surface area (Å²) >= 11 is 0. The molecule has 0 heterocycles. The molecule has 2 N–H and O–H groups in total. The van der Waals surface area contributed by atoms with Gasteiger partial charge in [0.25, 0.3) is 5.69 Å². The first-order chi connectivity index (χ1) is 6.13. The van der Waals surface area contributed by atoms with Crippen LogP contribution in [-0.4, -0.2) is 4.92 Å². The van der Waals surface area contributed by atoms with E-state index in [0.29, 0.717) is 5.56 Å². The van der Waals surface area contributed by atoms with Crippen LogP contribution in [0.25, 0.3) is 0 Å². The zero-order valence-corrected chi connectivity index (χ0v) is 6.57. The SMILES string of the molecule is NOCc1cc(F)cc([N+](=O)[O-])c1. The minimum atomic E-state index is -0.679. The molecule has 0 aromatic heterocycles. The van der Waals surface area contributed by atoms with E-state index in [9.17, 15) is 14.5 Å². The Balaban J connectivity index is 3.03. The molecular formula is C7H7FN2O3. The third-order valence-electron chi connectivity index (χ3n) is 1.40. The van der Waals surface area contributed by atoms with Crippen LogP contribution in [0.4, 0.5) is 10.1 Å². The van der Waals surface area contributed by atoms with Crippen LogP contribution < -0.4 is 5.90 Å². The minimum Gasteiger partial charge on any atom is -0.300 e. The van der Waals surface area contributed by atoms with E-state index in [0.717, 1.165) is 12.1 Å². The lowest BCUT2D eigenvalue weighted by Gasteiger charge is -1.98. The molecule has 70 valence electrons. The molecule has 0 atom stereocenters. The van der Waals surface area contributed by atoms with E-state index in [2.05, 4.69) is 4.84 Å². The number of rotatable bonds is 3. The molecule has 0 aliphatic rings. The Bertz CT molecular complexity index is 330. The molecule has 0 fully saturated rings. The Hall–Kier alpha value is -1.53. The van der Waals surface area contributed by atoms with Crippen molar-refractivity contribution >= 4 is 5.69 Å². The lowest BCUT2D eigenvalue weighted by molar-refractivity contribution is -0.385. The van der Waals surface area contributed by atoms with Gasteiger partial charge in [-0.25, -0.2) is 10.3 Å². The largest absolute Gasteiger partial charge is 0.300 e. The summed E-state index contributed by atoms with van der Waals surface area (Å²) in [6.45, 7) is -0.0569. The number of hydrogen-bond donors (Lipinski definition) is 1. The van der Waals surface area contributed by atoms with E-state index in [1.807, 2.05) is 0 Å². The van der Waals surface area contributed by atoms with Crippen molar-refractivity contribution in [2.45, 2.75) is 6.61 Å². The van der Waals surface area contributed by atoms with Crippen molar-refractivity contribution in [1.82, 2.24) is 0 Å². The molecule has 0 aliphatic heterocycles. The van der Waals surface area contributed by atoms with Crippen LogP contribution >= 0.6 is 0 Å². The van der Waals surface area contributed by atoms with Crippen molar-refractivity contribution in [2.75, 3.05) is 0 Å². The highest BCUT2D eigenvalue weighted by molar-refractivity contribution is 5.34. The first-order valence-electron chi connectivity index (χ1n) is 3.39. The first kappa shape index (κ1) is 9.56. The second-order valence-corrected chi connectivity index (χ2v) is 2.39. The highest BCUT2D eigenvalue weighted by Crippen LogP contribution is 2.16. The first-order valence-corrected chi connectivity index (χ1v) is 3.39. The summed E-state index contributed by atoms with van der Waals surface area (Å²) in [7, 11) is 0. The Morgan fingerprint density at radius 3 is 2.77 bits per heavy atom. The molecule has 13 heavy (non-hydrogen) atoms. The van der Waals surface area contributed by atoms with Gasteiger partial charge in [-0.3, -0.25) is 15.0 Å². The van der Waals surface area contributed by atoms with Gasteiger partial charge >= 0.3 is 0 Å². The maximum Gasteiger partial charge on any atom is 0.272 e. The van der Waals surface area contributed by atoms with Crippen LogP contribution in [0.2, 0.25) is 0 Å². The van der Waals surface area contributed by atoms with Gasteiger partial charge < -0.3 is 0 Å². The van der Waals surface area contributed by atoms with Gasteiger partial charge in [-0.1, -0.05) is 0 Å². The van der Waals surface area contributed by atoms with Crippen molar-refractivity contribution in [3.05, 3.63) is 39.7 Å². The molecular weight excluding hydrogens is 179 g/mol. The van der Waals surface area contributed by atoms with Crippen molar-refractivity contribution in [1.29, 1.82) is 0 Å². The summed E-state index contributed by atoms with van der Waals surface area (Å²) < 4.78 is 12.7. The molecule has 1 rings (SSSR count). The van der Waals surface area contributed by atoms with Gasteiger partial charge in [0.1, 0.15) is 5.82 Å². The van der Waals surface area contributed by atoms with E-state index < -0.39 is 10.7 Å². The van der Waals surface area contributed by atoms with Crippen molar-refractivity contribution in [3.8, 4) is 0 Å². The van der Waals surface area contributed by atoms with Gasteiger partial charge in [-0.05, 0) is 11.6 Å². The fraction of sp³-hybridized carbons (Fsp3) is 0.143. The zero-order chi connectivity index (χ0) is 9.84. The molecule has 1 aromatic rings. The molecule has 5 nitrogen and oxygen atoms in total. The molecule has 0 spiro atoms. The summed E-state index contributed by atoms with van der Waals surface area (Å²) in [6.07, 6.45) is 0. The lowest BCUT2D eigenvalue weighted by Crippen LogP contribution is -2.00. The smallest absolute Gasteiger partial charge is 0.272 e. The van der Waals surface area contributed by atoms with Gasteiger partial charge in [-0.15, -0.1) is 0 Å². The van der Waals surface area contributed by atoms with Crippen LogP contribution in [0.5, 0.6) is 0 Å². The number of nitro benzene ring substituents is 1. The molecule has 0 amide bonds. The average Bonchev–Trinajstić information content (AvgIpc) is 2.03. The van der Waals surface area contributed by atoms with E-state index in [1.54, 1.807) is 0 Å². The molecule has 0 saturated carbocycles. The zero-order valence-electron chi connectivity index (χ0n) is 6.57. The number of nitro groups is 1. The molecule has 0 radical (unpaired) electrons.